The molecule has 0 amide bonds. The minimum absolute atomic E-state index is 0.0342. The van der Waals surface area contributed by atoms with Crippen molar-refractivity contribution in [2.45, 2.75) is 57.8 Å². The van der Waals surface area contributed by atoms with Gasteiger partial charge in [-0.1, -0.05) is 24.3 Å². The van der Waals surface area contributed by atoms with Crippen LogP contribution in [0.2, 0.25) is 0 Å². The zero-order chi connectivity index (χ0) is 27.5. The lowest BCUT2D eigenvalue weighted by atomic mass is 9.94. The highest BCUT2D eigenvalue weighted by Crippen LogP contribution is 2.39. The van der Waals surface area contributed by atoms with Gasteiger partial charge in [-0.25, -0.2) is 4.39 Å². The maximum absolute atomic E-state index is 15.3. The second kappa shape index (κ2) is 11.6. The number of aliphatic carboxylic acids is 1. The summed E-state index contributed by atoms with van der Waals surface area (Å²) in [6.07, 6.45) is 0.766. The molecule has 0 spiro atoms. The number of hydrogen-bond donors (Lipinski definition) is 2. The van der Waals surface area contributed by atoms with E-state index in [1.807, 2.05) is 43.3 Å². The SMILES string of the molecule is Cc1cc(OCC2CC[C@@H](O)CO2)c(F)c(C)c1-c1cccc(COc2ccc3c(c2)OCC3CC(=O)O)c1. The second-order valence-corrected chi connectivity index (χ2v) is 10.3. The Kier molecular flexibility index (Phi) is 8.04. The summed E-state index contributed by atoms with van der Waals surface area (Å²) in [5, 5.41) is 18.7. The monoisotopic (exact) mass is 536 g/mol. The lowest BCUT2D eigenvalue weighted by Gasteiger charge is -2.26. The van der Waals surface area contributed by atoms with E-state index in [1.165, 1.54) is 0 Å². The number of aliphatic hydroxyl groups is 1. The van der Waals surface area contributed by atoms with Gasteiger partial charge in [-0.05, 0) is 72.7 Å². The van der Waals surface area contributed by atoms with E-state index in [1.54, 1.807) is 19.1 Å². The van der Waals surface area contributed by atoms with Gasteiger partial charge in [-0.3, -0.25) is 4.79 Å². The average Bonchev–Trinajstić information content (AvgIpc) is 3.31. The summed E-state index contributed by atoms with van der Waals surface area (Å²) in [4.78, 5) is 11.1. The third kappa shape index (κ3) is 6.18. The van der Waals surface area contributed by atoms with E-state index in [0.29, 0.717) is 43.1 Å². The number of aliphatic hydroxyl groups excluding tert-OH is 1. The highest BCUT2D eigenvalue weighted by atomic mass is 19.1. The molecule has 7 nitrogen and oxygen atoms in total. The summed E-state index contributed by atoms with van der Waals surface area (Å²) < 4.78 is 38.4. The first-order valence-electron chi connectivity index (χ1n) is 13.2. The number of benzene rings is 3. The Morgan fingerprint density at radius 2 is 1.92 bits per heavy atom. The van der Waals surface area contributed by atoms with Crippen molar-refractivity contribution in [3.63, 3.8) is 0 Å². The quantitative estimate of drug-likeness (QED) is 0.370. The molecule has 0 saturated carbocycles. The van der Waals surface area contributed by atoms with E-state index in [4.69, 9.17) is 24.1 Å². The molecular weight excluding hydrogens is 503 g/mol. The lowest BCUT2D eigenvalue weighted by Crippen LogP contribution is -2.33. The molecule has 2 aliphatic heterocycles. The molecule has 8 heteroatoms. The molecule has 0 radical (unpaired) electrons. The van der Waals surface area contributed by atoms with E-state index in [2.05, 4.69) is 0 Å². The van der Waals surface area contributed by atoms with Gasteiger partial charge in [0.2, 0.25) is 0 Å². The van der Waals surface area contributed by atoms with Crippen molar-refractivity contribution in [1.82, 2.24) is 0 Å². The minimum atomic E-state index is -0.847. The highest BCUT2D eigenvalue weighted by molar-refractivity contribution is 5.73. The molecule has 0 aliphatic carbocycles. The van der Waals surface area contributed by atoms with Crippen molar-refractivity contribution >= 4 is 5.97 Å². The molecule has 1 saturated heterocycles. The van der Waals surface area contributed by atoms with E-state index in [0.717, 1.165) is 27.8 Å². The smallest absolute Gasteiger partial charge is 0.304 e. The van der Waals surface area contributed by atoms with Crippen molar-refractivity contribution in [3.8, 4) is 28.4 Å². The number of halogens is 1. The van der Waals surface area contributed by atoms with Crippen molar-refractivity contribution in [2.24, 2.45) is 0 Å². The molecule has 0 aromatic heterocycles. The number of carboxylic acids is 1. The highest BCUT2D eigenvalue weighted by Gasteiger charge is 2.27. The van der Waals surface area contributed by atoms with Gasteiger partial charge in [-0.2, -0.15) is 0 Å². The molecule has 2 N–H and O–H groups in total. The Morgan fingerprint density at radius 1 is 1.08 bits per heavy atom. The van der Waals surface area contributed by atoms with Crippen molar-refractivity contribution in [3.05, 3.63) is 76.6 Å². The fourth-order valence-corrected chi connectivity index (χ4v) is 5.29. The molecular formula is C31H33FO7. The lowest BCUT2D eigenvalue weighted by molar-refractivity contribution is -0.137. The first-order valence-corrected chi connectivity index (χ1v) is 13.2. The third-order valence-electron chi connectivity index (χ3n) is 7.34. The molecule has 0 bridgehead atoms. The van der Waals surface area contributed by atoms with Crippen molar-refractivity contribution in [2.75, 3.05) is 19.8 Å². The number of carboxylic acid groups (broad SMARTS) is 1. The fraction of sp³-hybridized carbons (Fsp3) is 0.387. The molecule has 2 aliphatic rings. The number of aryl methyl sites for hydroxylation is 1. The Morgan fingerprint density at radius 3 is 2.69 bits per heavy atom. The second-order valence-electron chi connectivity index (χ2n) is 10.3. The normalized spacial score (nSPS) is 20.3. The van der Waals surface area contributed by atoms with Crippen LogP contribution in [0.5, 0.6) is 17.2 Å². The van der Waals surface area contributed by atoms with Crippen LogP contribution in [0.25, 0.3) is 11.1 Å². The van der Waals surface area contributed by atoms with Crippen LogP contribution in [0, 0.1) is 19.7 Å². The molecule has 2 unspecified atom stereocenters. The van der Waals surface area contributed by atoms with E-state index in [-0.39, 0.29) is 37.4 Å². The van der Waals surface area contributed by atoms with Crippen LogP contribution < -0.4 is 14.2 Å². The molecule has 3 atom stereocenters. The summed E-state index contributed by atoms with van der Waals surface area (Å²) in [5.74, 6) is 0.0942. The number of rotatable bonds is 9. The Bertz CT molecular complexity index is 1350. The van der Waals surface area contributed by atoms with Crippen LogP contribution in [0.3, 0.4) is 0 Å². The first kappa shape index (κ1) is 27.0. The molecule has 5 rings (SSSR count). The van der Waals surface area contributed by atoms with Crippen LogP contribution in [0.4, 0.5) is 4.39 Å². The van der Waals surface area contributed by atoms with Crippen LogP contribution in [0.15, 0.2) is 48.5 Å². The summed E-state index contributed by atoms with van der Waals surface area (Å²) in [6.45, 7) is 4.87. The van der Waals surface area contributed by atoms with Crippen LogP contribution >= 0.6 is 0 Å². The van der Waals surface area contributed by atoms with Crippen molar-refractivity contribution in [1.29, 1.82) is 0 Å². The largest absolute Gasteiger partial charge is 0.492 e. The summed E-state index contributed by atoms with van der Waals surface area (Å²) in [6, 6.07) is 15.0. The van der Waals surface area contributed by atoms with Crippen LogP contribution in [0.1, 0.15) is 47.4 Å². The standard InChI is InChI=1S/C31H33FO7/c1-18-10-28(39-17-25-7-6-23(33)16-37-25)31(32)19(2)30(18)21-5-3-4-20(11-21)14-36-24-8-9-26-22(12-29(34)35)15-38-27(26)13-24/h3-5,8-11,13,22-23,25,33H,6-7,12,14-17H2,1-2H3,(H,34,35)/t22?,23-,25?/m1/s1. The molecule has 206 valence electrons. The predicted molar refractivity (Wildman–Crippen MR) is 143 cm³/mol. The Hall–Kier alpha value is -3.62. The number of ether oxygens (including phenoxy) is 4. The first-order chi connectivity index (χ1) is 18.8. The fourth-order valence-electron chi connectivity index (χ4n) is 5.29. The Balaban J connectivity index is 1.26. The molecule has 1 fully saturated rings. The zero-order valence-corrected chi connectivity index (χ0v) is 22.1. The third-order valence-corrected chi connectivity index (χ3v) is 7.34. The summed E-state index contributed by atoms with van der Waals surface area (Å²) in [5.41, 5.74) is 4.92. The van der Waals surface area contributed by atoms with E-state index < -0.39 is 17.9 Å². The predicted octanol–water partition coefficient (Wildman–Crippen LogP) is 5.56. The topological polar surface area (TPSA) is 94.5 Å². The molecule has 3 aromatic rings. The Labute approximate surface area is 227 Å². The van der Waals surface area contributed by atoms with Gasteiger partial charge in [0, 0.05) is 17.5 Å². The minimum Gasteiger partial charge on any atom is -0.492 e. The van der Waals surface area contributed by atoms with Gasteiger partial charge >= 0.3 is 5.97 Å². The summed E-state index contributed by atoms with van der Waals surface area (Å²) >= 11 is 0. The molecule has 39 heavy (non-hydrogen) atoms. The van der Waals surface area contributed by atoms with Gasteiger partial charge < -0.3 is 29.2 Å². The zero-order valence-electron chi connectivity index (χ0n) is 22.1. The average molecular weight is 537 g/mol. The van der Waals surface area contributed by atoms with Crippen molar-refractivity contribution < 1.29 is 38.3 Å². The maximum atomic E-state index is 15.3. The maximum Gasteiger partial charge on any atom is 0.304 e. The van der Waals surface area contributed by atoms with Gasteiger partial charge in [0.05, 0.1) is 31.8 Å². The molecule has 2 heterocycles. The number of hydrogen-bond acceptors (Lipinski definition) is 6. The number of carbonyl (C=O) groups is 1. The van der Waals surface area contributed by atoms with E-state index >= 15 is 4.39 Å². The molecule has 3 aromatic carbocycles. The van der Waals surface area contributed by atoms with Crippen LogP contribution in [-0.4, -0.2) is 48.2 Å². The van der Waals surface area contributed by atoms with Gasteiger partial charge in [0.25, 0.3) is 0 Å². The van der Waals surface area contributed by atoms with E-state index in [9.17, 15) is 9.90 Å². The number of fused-ring (bicyclic) bond motifs is 1. The van der Waals surface area contributed by atoms with Gasteiger partial charge in [0.1, 0.15) is 24.7 Å². The van der Waals surface area contributed by atoms with Gasteiger partial charge in [0.15, 0.2) is 11.6 Å². The summed E-state index contributed by atoms with van der Waals surface area (Å²) in [7, 11) is 0. The van der Waals surface area contributed by atoms with Gasteiger partial charge in [-0.15, -0.1) is 0 Å². The van der Waals surface area contributed by atoms with Crippen LogP contribution in [-0.2, 0) is 16.1 Å².